The summed E-state index contributed by atoms with van der Waals surface area (Å²) >= 11 is 1.79. The van der Waals surface area contributed by atoms with Gasteiger partial charge in [0.1, 0.15) is 5.82 Å². The van der Waals surface area contributed by atoms with Gasteiger partial charge in [-0.1, -0.05) is 12.8 Å². The zero-order valence-corrected chi connectivity index (χ0v) is 11.4. The number of thioether (sulfide) groups is 1. The molecule has 0 spiro atoms. The lowest BCUT2D eigenvalue weighted by atomic mass is 9.95. The first-order valence-corrected chi connectivity index (χ1v) is 7.50. The number of hydrogen-bond acceptors (Lipinski definition) is 4. The van der Waals surface area contributed by atoms with Gasteiger partial charge in [-0.15, -0.1) is 10.2 Å². The van der Waals surface area contributed by atoms with E-state index in [0.29, 0.717) is 11.1 Å². The number of anilines is 1. The largest absolute Gasteiger partial charge is 0.435 e. The van der Waals surface area contributed by atoms with Gasteiger partial charge in [0.15, 0.2) is 5.69 Å². The van der Waals surface area contributed by atoms with Gasteiger partial charge >= 0.3 is 6.18 Å². The lowest BCUT2D eigenvalue weighted by Gasteiger charge is -2.31. The van der Waals surface area contributed by atoms with Gasteiger partial charge in [0.25, 0.3) is 0 Å². The molecule has 3 nitrogen and oxygen atoms in total. The molecule has 0 saturated heterocycles. The summed E-state index contributed by atoms with van der Waals surface area (Å²) in [5.41, 5.74) is -0.955. The first-order valence-electron chi connectivity index (χ1n) is 6.21. The average Bonchev–Trinajstić information content (AvgIpc) is 2.39. The molecule has 0 aliphatic heterocycles. The van der Waals surface area contributed by atoms with Crippen molar-refractivity contribution in [1.82, 2.24) is 10.2 Å². The van der Waals surface area contributed by atoms with Crippen LogP contribution in [-0.4, -0.2) is 27.7 Å². The molecule has 7 heteroatoms. The van der Waals surface area contributed by atoms with Crippen LogP contribution in [0.5, 0.6) is 0 Å². The SMILES string of the molecule is CSC1CCCCC1Nc1ccc(C(F)(F)F)nn1. The number of halogens is 3. The molecular formula is C12H16F3N3S. The van der Waals surface area contributed by atoms with Crippen LogP contribution in [0, 0.1) is 0 Å². The topological polar surface area (TPSA) is 37.8 Å². The van der Waals surface area contributed by atoms with Crippen LogP contribution in [0.25, 0.3) is 0 Å². The van der Waals surface area contributed by atoms with Crippen LogP contribution in [0.1, 0.15) is 31.4 Å². The summed E-state index contributed by atoms with van der Waals surface area (Å²) < 4.78 is 37.1. The first kappa shape index (κ1) is 14.4. The van der Waals surface area contributed by atoms with Crippen LogP contribution in [0.2, 0.25) is 0 Å². The van der Waals surface area contributed by atoms with Crippen LogP contribution in [0.4, 0.5) is 19.0 Å². The summed E-state index contributed by atoms with van der Waals surface area (Å²) in [5, 5.41) is 10.5. The Labute approximate surface area is 114 Å². The molecule has 1 aromatic rings. The highest BCUT2D eigenvalue weighted by atomic mass is 32.2. The van der Waals surface area contributed by atoms with Crippen molar-refractivity contribution in [3.63, 3.8) is 0 Å². The van der Waals surface area contributed by atoms with Crippen LogP contribution >= 0.6 is 11.8 Å². The van der Waals surface area contributed by atoms with E-state index in [1.807, 2.05) is 0 Å². The van der Waals surface area contributed by atoms with Crippen molar-refractivity contribution >= 4 is 17.6 Å². The number of hydrogen-bond donors (Lipinski definition) is 1. The maximum absolute atomic E-state index is 12.4. The highest BCUT2D eigenvalue weighted by Gasteiger charge is 2.33. The van der Waals surface area contributed by atoms with Gasteiger partial charge in [-0.25, -0.2) is 0 Å². The maximum atomic E-state index is 12.4. The van der Waals surface area contributed by atoms with Crippen molar-refractivity contribution in [2.24, 2.45) is 0 Å². The fourth-order valence-electron chi connectivity index (χ4n) is 2.29. The van der Waals surface area contributed by atoms with Gasteiger partial charge in [0, 0.05) is 11.3 Å². The van der Waals surface area contributed by atoms with E-state index in [9.17, 15) is 13.2 Å². The summed E-state index contributed by atoms with van der Waals surface area (Å²) in [6.45, 7) is 0. The molecule has 2 atom stereocenters. The summed E-state index contributed by atoms with van der Waals surface area (Å²) in [7, 11) is 0. The van der Waals surface area contributed by atoms with Gasteiger partial charge in [0.05, 0.1) is 0 Å². The predicted molar refractivity (Wildman–Crippen MR) is 70.2 cm³/mol. The van der Waals surface area contributed by atoms with Crippen molar-refractivity contribution in [2.75, 3.05) is 11.6 Å². The van der Waals surface area contributed by atoms with Gasteiger partial charge in [-0.2, -0.15) is 24.9 Å². The fourth-order valence-corrected chi connectivity index (χ4v) is 3.23. The van der Waals surface area contributed by atoms with Crippen molar-refractivity contribution in [3.05, 3.63) is 17.8 Å². The van der Waals surface area contributed by atoms with Crippen LogP contribution in [0.3, 0.4) is 0 Å². The van der Waals surface area contributed by atoms with E-state index in [4.69, 9.17) is 0 Å². The molecule has 0 aromatic carbocycles. The summed E-state index contributed by atoms with van der Waals surface area (Å²) in [4.78, 5) is 0. The van der Waals surface area contributed by atoms with Crippen LogP contribution < -0.4 is 5.32 Å². The molecule has 0 bridgehead atoms. The van der Waals surface area contributed by atoms with E-state index in [1.165, 1.54) is 12.5 Å². The molecule has 19 heavy (non-hydrogen) atoms. The third-order valence-corrected chi connectivity index (χ3v) is 4.46. The summed E-state index contributed by atoms with van der Waals surface area (Å²) in [6, 6.07) is 2.57. The molecule has 1 aromatic heterocycles. The molecule has 1 aliphatic rings. The molecule has 0 amide bonds. The van der Waals surface area contributed by atoms with Crippen LogP contribution in [-0.2, 0) is 6.18 Å². The molecule has 2 unspecified atom stereocenters. The Morgan fingerprint density at radius 1 is 1.21 bits per heavy atom. The van der Waals surface area contributed by atoms with Gasteiger partial charge in [0.2, 0.25) is 0 Å². The Hall–Kier alpha value is -0.980. The molecule has 106 valence electrons. The minimum Gasteiger partial charge on any atom is -0.365 e. The minimum atomic E-state index is -4.43. The molecule has 1 N–H and O–H groups in total. The molecule has 0 radical (unpaired) electrons. The van der Waals surface area contributed by atoms with E-state index in [0.717, 1.165) is 25.3 Å². The van der Waals surface area contributed by atoms with Gasteiger partial charge in [-0.05, 0) is 31.2 Å². The number of alkyl halides is 3. The van der Waals surface area contributed by atoms with Crippen molar-refractivity contribution in [1.29, 1.82) is 0 Å². The minimum absolute atomic E-state index is 0.259. The highest BCUT2D eigenvalue weighted by molar-refractivity contribution is 7.99. The zero-order chi connectivity index (χ0) is 13.9. The molecule has 1 heterocycles. The second-order valence-electron chi connectivity index (χ2n) is 4.61. The van der Waals surface area contributed by atoms with E-state index in [1.54, 1.807) is 11.8 Å². The van der Waals surface area contributed by atoms with Crippen molar-refractivity contribution < 1.29 is 13.2 Å². The van der Waals surface area contributed by atoms with Gasteiger partial charge < -0.3 is 5.32 Å². The smallest absolute Gasteiger partial charge is 0.365 e. The normalized spacial score (nSPS) is 24.2. The number of nitrogens with one attached hydrogen (secondary N) is 1. The quantitative estimate of drug-likeness (QED) is 0.923. The lowest BCUT2D eigenvalue weighted by molar-refractivity contribution is -0.141. The molecule has 1 aliphatic carbocycles. The van der Waals surface area contributed by atoms with E-state index >= 15 is 0 Å². The number of nitrogens with zero attached hydrogens (tertiary/aromatic N) is 2. The molecule has 1 fully saturated rings. The standard InChI is InChI=1S/C12H16F3N3S/c1-19-9-5-3-2-4-8(9)16-11-7-6-10(17-18-11)12(13,14)15/h6-9H,2-5H2,1H3,(H,16,18). The average molecular weight is 291 g/mol. The summed E-state index contributed by atoms with van der Waals surface area (Å²) in [6.07, 6.45) is 2.13. The van der Waals surface area contributed by atoms with Gasteiger partial charge in [-0.3, -0.25) is 0 Å². The third-order valence-electron chi connectivity index (χ3n) is 3.29. The fraction of sp³-hybridized carbons (Fsp3) is 0.667. The Morgan fingerprint density at radius 3 is 2.53 bits per heavy atom. The van der Waals surface area contributed by atoms with Crippen LogP contribution in [0.15, 0.2) is 12.1 Å². The third kappa shape index (κ3) is 3.75. The maximum Gasteiger partial charge on any atom is 0.435 e. The van der Waals surface area contributed by atoms with E-state index < -0.39 is 11.9 Å². The molecule has 1 saturated carbocycles. The summed E-state index contributed by atoms with van der Waals surface area (Å²) in [5.74, 6) is 0.416. The number of aromatic nitrogens is 2. The lowest BCUT2D eigenvalue weighted by Crippen LogP contribution is -2.34. The van der Waals surface area contributed by atoms with E-state index in [2.05, 4.69) is 21.8 Å². The Morgan fingerprint density at radius 2 is 1.95 bits per heavy atom. The van der Waals surface area contributed by atoms with Crippen molar-refractivity contribution in [3.8, 4) is 0 Å². The monoisotopic (exact) mass is 291 g/mol. The van der Waals surface area contributed by atoms with Crippen molar-refractivity contribution in [2.45, 2.75) is 43.2 Å². The second kappa shape index (κ2) is 5.98. The first-order chi connectivity index (χ1) is 9.00. The molecule has 2 rings (SSSR count). The number of rotatable bonds is 3. The van der Waals surface area contributed by atoms with E-state index in [-0.39, 0.29) is 6.04 Å². The zero-order valence-electron chi connectivity index (χ0n) is 10.6. The Bertz CT molecular complexity index is 408. The predicted octanol–water partition coefficient (Wildman–Crippen LogP) is 3.58. The highest BCUT2D eigenvalue weighted by Crippen LogP contribution is 2.30. The second-order valence-corrected chi connectivity index (χ2v) is 5.69. The Balaban J connectivity index is 2.02. The Kier molecular flexibility index (Phi) is 4.54. The molecular weight excluding hydrogens is 275 g/mol.